The minimum atomic E-state index is -0.205. The summed E-state index contributed by atoms with van der Waals surface area (Å²) in [4.78, 5) is 8.61. The van der Waals surface area contributed by atoms with E-state index in [0.29, 0.717) is 54.2 Å². The van der Waals surface area contributed by atoms with E-state index in [0.717, 1.165) is 83.7 Å². The molecule has 276 valence electrons. The summed E-state index contributed by atoms with van der Waals surface area (Å²) in [5.74, 6) is 2.56. The number of halogens is 1. The standard InChI is InChI=1S/C40H45ClN8O4/c1-4-48(24-40-44-46-47-45-40)22-32-17-36(41)39(18-38(32)52-25-30-16-29(19-42)20-43-21-30)53-26-31-8-5-9-34(27(31)2)35-10-6-11-37(28(35)3)51-15-7-13-49-14-12-33(50)23-49/h5-6,8-11,16-18,20-21,33,50H,4,7,12-15,22-26H2,1-3H3,(H,44,45,46,47)/t33-/m1/s1. The minimum Gasteiger partial charge on any atom is -0.493 e. The average molecular weight is 737 g/mol. The van der Waals surface area contributed by atoms with Crippen LogP contribution in [0, 0.1) is 25.2 Å². The van der Waals surface area contributed by atoms with Crippen LogP contribution in [0.4, 0.5) is 0 Å². The number of nitriles is 1. The van der Waals surface area contributed by atoms with Crippen LogP contribution in [0.1, 0.15) is 59.0 Å². The highest BCUT2D eigenvalue weighted by Gasteiger charge is 2.20. The van der Waals surface area contributed by atoms with Gasteiger partial charge in [-0.2, -0.15) is 10.5 Å². The lowest BCUT2D eigenvalue weighted by atomic mass is 9.93. The molecule has 1 saturated heterocycles. The maximum atomic E-state index is 9.80. The van der Waals surface area contributed by atoms with Crippen LogP contribution in [0.3, 0.4) is 0 Å². The van der Waals surface area contributed by atoms with Gasteiger partial charge in [0.2, 0.25) is 0 Å². The van der Waals surface area contributed by atoms with E-state index in [1.54, 1.807) is 12.3 Å². The Morgan fingerprint density at radius 1 is 0.962 bits per heavy atom. The maximum absolute atomic E-state index is 9.80. The number of nitrogens with zero attached hydrogens (tertiary/aromatic N) is 7. The molecule has 0 bridgehead atoms. The molecule has 0 unspecified atom stereocenters. The molecule has 1 aliphatic heterocycles. The Hall–Kier alpha value is -5.06. The van der Waals surface area contributed by atoms with Crippen molar-refractivity contribution in [3.63, 3.8) is 0 Å². The van der Waals surface area contributed by atoms with Gasteiger partial charge in [0.1, 0.15) is 36.5 Å². The Labute approximate surface area is 315 Å². The molecule has 1 fully saturated rings. The summed E-state index contributed by atoms with van der Waals surface area (Å²) in [7, 11) is 0. The van der Waals surface area contributed by atoms with Crippen molar-refractivity contribution in [1.82, 2.24) is 35.4 Å². The Bertz CT molecular complexity index is 2020. The zero-order valence-electron chi connectivity index (χ0n) is 30.4. The highest BCUT2D eigenvalue weighted by atomic mass is 35.5. The van der Waals surface area contributed by atoms with Crippen LogP contribution in [-0.2, 0) is 26.3 Å². The van der Waals surface area contributed by atoms with Gasteiger partial charge >= 0.3 is 0 Å². The first-order chi connectivity index (χ1) is 25.8. The van der Waals surface area contributed by atoms with Crippen LogP contribution in [0.2, 0.25) is 5.02 Å². The smallest absolute Gasteiger partial charge is 0.188 e. The molecule has 13 heteroatoms. The molecular weight excluding hydrogens is 692 g/mol. The fourth-order valence-electron chi connectivity index (χ4n) is 6.54. The second-order valence-corrected chi connectivity index (χ2v) is 13.7. The van der Waals surface area contributed by atoms with Gasteiger partial charge in [-0.1, -0.05) is 54.1 Å². The fraction of sp³-hybridized carbons (Fsp3) is 0.375. The van der Waals surface area contributed by atoms with Gasteiger partial charge in [-0.05, 0) is 79.3 Å². The Kier molecular flexibility index (Phi) is 12.9. The third-order valence-corrected chi connectivity index (χ3v) is 9.85. The third kappa shape index (κ3) is 9.88. The van der Waals surface area contributed by atoms with Crippen molar-refractivity contribution < 1.29 is 19.3 Å². The van der Waals surface area contributed by atoms with Crippen LogP contribution in [0.25, 0.3) is 11.1 Å². The molecular formula is C40H45ClN8O4. The van der Waals surface area contributed by atoms with Crippen LogP contribution in [-0.4, -0.2) is 79.4 Å². The second kappa shape index (κ2) is 18.1. The quantitative estimate of drug-likeness (QED) is 0.102. The maximum Gasteiger partial charge on any atom is 0.188 e. The van der Waals surface area contributed by atoms with E-state index >= 15 is 0 Å². The Morgan fingerprint density at radius 2 is 1.77 bits per heavy atom. The molecule has 2 aromatic heterocycles. The van der Waals surface area contributed by atoms with Crippen molar-refractivity contribution in [2.45, 2.75) is 66.0 Å². The van der Waals surface area contributed by atoms with Gasteiger partial charge in [0.25, 0.3) is 0 Å². The van der Waals surface area contributed by atoms with Crippen molar-refractivity contribution in [2.24, 2.45) is 0 Å². The predicted molar refractivity (Wildman–Crippen MR) is 202 cm³/mol. The van der Waals surface area contributed by atoms with Crippen molar-refractivity contribution in [3.8, 4) is 34.4 Å². The molecule has 5 aromatic rings. The molecule has 1 atom stereocenters. The summed E-state index contributed by atoms with van der Waals surface area (Å²) in [5.41, 5.74) is 7.54. The van der Waals surface area contributed by atoms with Gasteiger partial charge in [0.05, 0.1) is 29.8 Å². The van der Waals surface area contributed by atoms with Crippen LogP contribution >= 0.6 is 11.6 Å². The van der Waals surface area contributed by atoms with E-state index < -0.39 is 0 Å². The normalized spacial score (nSPS) is 14.4. The molecule has 3 aromatic carbocycles. The number of likely N-dealkylation sites (tertiary alicyclic amines) is 1. The monoisotopic (exact) mass is 736 g/mol. The number of rotatable bonds is 17. The lowest BCUT2D eigenvalue weighted by Gasteiger charge is -2.22. The van der Waals surface area contributed by atoms with E-state index in [9.17, 15) is 10.4 Å². The number of nitrogens with one attached hydrogen (secondary N) is 1. The molecule has 0 saturated carbocycles. The summed E-state index contributed by atoms with van der Waals surface area (Å²) in [6.45, 7) is 11.7. The number of hydrogen-bond acceptors (Lipinski definition) is 11. The number of aromatic amines is 1. The highest BCUT2D eigenvalue weighted by molar-refractivity contribution is 6.32. The first kappa shape index (κ1) is 37.7. The molecule has 0 amide bonds. The number of β-amino-alcohol motifs (C(OH)–C–C–N with tert-alkyl or cyclic N) is 1. The zero-order valence-corrected chi connectivity index (χ0v) is 31.1. The van der Waals surface area contributed by atoms with Crippen LogP contribution in [0.15, 0.2) is 67.0 Å². The molecule has 1 aliphatic rings. The molecule has 2 N–H and O–H groups in total. The van der Waals surface area contributed by atoms with Crippen molar-refractivity contribution in [2.75, 3.05) is 32.8 Å². The number of H-pyrrole nitrogens is 1. The predicted octanol–water partition coefficient (Wildman–Crippen LogP) is 6.42. The van der Waals surface area contributed by atoms with Gasteiger partial charge in [0, 0.05) is 55.8 Å². The molecule has 12 nitrogen and oxygen atoms in total. The topological polar surface area (TPSA) is 146 Å². The summed E-state index contributed by atoms with van der Waals surface area (Å²) in [6, 6.07) is 20.0. The third-order valence-electron chi connectivity index (χ3n) is 9.56. The molecule has 6 rings (SSSR count). The first-order valence-electron chi connectivity index (χ1n) is 17.9. The van der Waals surface area contributed by atoms with Gasteiger partial charge < -0.3 is 24.2 Å². The number of ether oxygens (including phenoxy) is 3. The van der Waals surface area contributed by atoms with E-state index in [1.807, 2.05) is 30.3 Å². The number of aromatic nitrogens is 5. The van der Waals surface area contributed by atoms with Crippen molar-refractivity contribution >= 4 is 11.6 Å². The van der Waals surface area contributed by atoms with Crippen molar-refractivity contribution in [1.29, 1.82) is 5.26 Å². The Balaban J connectivity index is 1.17. The number of benzene rings is 3. The van der Waals surface area contributed by atoms with E-state index in [2.05, 4.69) is 80.4 Å². The highest BCUT2D eigenvalue weighted by Crippen LogP contribution is 2.37. The lowest BCUT2D eigenvalue weighted by molar-refractivity contribution is 0.173. The van der Waals surface area contributed by atoms with Crippen LogP contribution in [0.5, 0.6) is 17.2 Å². The van der Waals surface area contributed by atoms with Gasteiger partial charge in [0.15, 0.2) is 5.82 Å². The molecule has 0 aliphatic carbocycles. The summed E-state index contributed by atoms with van der Waals surface area (Å²) in [6.07, 6.45) is 4.75. The van der Waals surface area contributed by atoms with E-state index in [1.165, 1.54) is 6.20 Å². The molecule has 53 heavy (non-hydrogen) atoms. The first-order valence-corrected chi connectivity index (χ1v) is 18.3. The van der Waals surface area contributed by atoms with Crippen molar-refractivity contribution in [3.05, 3.63) is 111 Å². The number of aliphatic hydroxyl groups is 1. The largest absolute Gasteiger partial charge is 0.493 e. The number of pyridine rings is 1. The van der Waals surface area contributed by atoms with Gasteiger partial charge in [-0.25, -0.2) is 0 Å². The van der Waals surface area contributed by atoms with E-state index in [4.69, 9.17) is 25.8 Å². The zero-order chi connectivity index (χ0) is 37.2. The van der Waals surface area contributed by atoms with Gasteiger partial charge in [-0.15, -0.1) is 10.2 Å². The SMILES string of the molecule is CCN(Cc1nn[nH]n1)Cc1cc(Cl)c(OCc2cccc(-c3cccc(OCCCN4CC[C@@H](O)C4)c3C)c2C)cc1OCc1cncc(C#N)c1. The fourth-order valence-corrected chi connectivity index (χ4v) is 6.78. The molecule has 0 radical (unpaired) electrons. The lowest BCUT2D eigenvalue weighted by Crippen LogP contribution is -2.24. The minimum absolute atomic E-state index is 0.205. The summed E-state index contributed by atoms with van der Waals surface area (Å²) >= 11 is 6.88. The summed E-state index contributed by atoms with van der Waals surface area (Å²) in [5, 5.41) is 34.0. The number of hydrogen-bond donors (Lipinski definition) is 2. The molecule has 0 spiro atoms. The van der Waals surface area contributed by atoms with E-state index in [-0.39, 0.29) is 12.7 Å². The summed E-state index contributed by atoms with van der Waals surface area (Å²) < 4.78 is 19.0. The number of aliphatic hydroxyl groups excluding tert-OH is 1. The molecule has 3 heterocycles. The Morgan fingerprint density at radius 3 is 2.53 bits per heavy atom. The van der Waals surface area contributed by atoms with Gasteiger partial charge in [-0.3, -0.25) is 9.88 Å². The number of tetrazole rings is 1. The second-order valence-electron chi connectivity index (χ2n) is 13.3. The van der Waals surface area contributed by atoms with Crippen LogP contribution < -0.4 is 14.2 Å². The average Bonchev–Trinajstić information content (AvgIpc) is 3.85.